The molecule has 70 valence electrons. The van der Waals surface area contributed by atoms with Crippen molar-refractivity contribution < 1.29 is 9.53 Å². The predicted molar refractivity (Wildman–Crippen MR) is 45.7 cm³/mol. The summed E-state index contributed by atoms with van der Waals surface area (Å²) in [5.41, 5.74) is 10.1. The summed E-state index contributed by atoms with van der Waals surface area (Å²) in [6.07, 6.45) is -0.455. The lowest BCUT2D eigenvalue weighted by Crippen LogP contribution is -2.29. The molecule has 0 aromatic carbocycles. The lowest BCUT2D eigenvalue weighted by Gasteiger charge is -2.02. The first-order chi connectivity index (χ1) is 5.66. The Morgan fingerprint density at radius 2 is 2.25 bits per heavy atom. The molecule has 0 bridgehead atoms. The number of aliphatic imine (C=N–C) groups is 1. The van der Waals surface area contributed by atoms with Gasteiger partial charge < -0.3 is 21.5 Å². The van der Waals surface area contributed by atoms with E-state index in [4.69, 9.17) is 11.5 Å². The molecule has 6 nitrogen and oxygen atoms in total. The van der Waals surface area contributed by atoms with Crippen molar-refractivity contribution in [2.24, 2.45) is 16.5 Å². The summed E-state index contributed by atoms with van der Waals surface area (Å²) >= 11 is 0. The molecule has 0 radical (unpaired) electrons. The summed E-state index contributed by atoms with van der Waals surface area (Å²) in [5, 5.41) is 2.46. The number of ether oxygens (including phenoxy) is 1. The highest BCUT2D eigenvalue weighted by Crippen LogP contribution is 1.75. The molecule has 0 aliphatic carbocycles. The van der Waals surface area contributed by atoms with E-state index in [1.54, 1.807) is 6.92 Å². The van der Waals surface area contributed by atoms with Gasteiger partial charge in [-0.3, -0.25) is 4.99 Å². The highest BCUT2D eigenvalue weighted by atomic mass is 16.5. The minimum Gasteiger partial charge on any atom is -0.450 e. The predicted octanol–water partition coefficient (Wildman–Crippen LogP) is -0.994. The number of nitrogens with one attached hydrogen (secondary N) is 1. The Morgan fingerprint density at radius 3 is 2.75 bits per heavy atom. The third kappa shape index (κ3) is 6.66. The molecular formula is C6H14N4O2. The van der Waals surface area contributed by atoms with Gasteiger partial charge in [0.2, 0.25) is 0 Å². The van der Waals surface area contributed by atoms with Crippen molar-refractivity contribution in [3.63, 3.8) is 0 Å². The van der Waals surface area contributed by atoms with Crippen molar-refractivity contribution in [1.82, 2.24) is 5.32 Å². The fraction of sp³-hybridized carbons (Fsp3) is 0.667. The number of hydrogen-bond acceptors (Lipinski definition) is 3. The molecule has 0 unspecified atom stereocenters. The summed E-state index contributed by atoms with van der Waals surface area (Å²) in [5.74, 6) is 0.0145. The minimum atomic E-state index is -0.455. The van der Waals surface area contributed by atoms with Gasteiger partial charge in [0.15, 0.2) is 5.96 Å². The molecule has 0 aromatic heterocycles. The van der Waals surface area contributed by atoms with Crippen LogP contribution in [-0.2, 0) is 4.74 Å². The zero-order chi connectivity index (χ0) is 9.40. The van der Waals surface area contributed by atoms with Crippen LogP contribution in [-0.4, -0.2) is 31.7 Å². The Hall–Kier alpha value is -1.46. The molecule has 0 saturated heterocycles. The van der Waals surface area contributed by atoms with E-state index in [0.29, 0.717) is 19.7 Å². The molecule has 0 spiro atoms. The Balaban J connectivity index is 3.31. The Morgan fingerprint density at radius 1 is 1.58 bits per heavy atom. The van der Waals surface area contributed by atoms with Gasteiger partial charge >= 0.3 is 6.09 Å². The topological polar surface area (TPSA) is 103 Å². The van der Waals surface area contributed by atoms with Crippen molar-refractivity contribution in [1.29, 1.82) is 0 Å². The van der Waals surface area contributed by atoms with Crippen LogP contribution in [0, 0.1) is 0 Å². The van der Waals surface area contributed by atoms with E-state index >= 15 is 0 Å². The van der Waals surface area contributed by atoms with Crippen LogP contribution >= 0.6 is 0 Å². The second-order valence-corrected chi connectivity index (χ2v) is 1.95. The Bertz CT molecular complexity index is 165. The molecule has 0 saturated carbocycles. The minimum absolute atomic E-state index is 0.0145. The van der Waals surface area contributed by atoms with E-state index in [1.165, 1.54) is 0 Å². The van der Waals surface area contributed by atoms with Crippen LogP contribution in [0.3, 0.4) is 0 Å². The van der Waals surface area contributed by atoms with E-state index in [-0.39, 0.29) is 5.96 Å². The largest absolute Gasteiger partial charge is 0.450 e. The van der Waals surface area contributed by atoms with E-state index in [0.717, 1.165) is 0 Å². The number of carbonyl (C=O) groups excluding carboxylic acids is 1. The third-order valence-corrected chi connectivity index (χ3v) is 0.951. The maximum atomic E-state index is 10.6. The molecule has 0 fully saturated rings. The lowest BCUT2D eigenvalue weighted by atomic mass is 10.6. The normalized spacial score (nSPS) is 8.75. The number of carbonyl (C=O) groups is 1. The first kappa shape index (κ1) is 10.5. The molecule has 0 aromatic rings. The quantitative estimate of drug-likeness (QED) is 0.289. The standard InChI is InChI=1S/C6H14N4O2/c1-2-12-6(11)10-4-3-9-5(7)8/h2-4H2,1H3,(H,10,11)(H4,7,8,9). The lowest BCUT2D eigenvalue weighted by molar-refractivity contribution is 0.152. The van der Waals surface area contributed by atoms with Crippen LogP contribution in [0.15, 0.2) is 4.99 Å². The number of nitrogens with zero attached hydrogens (tertiary/aromatic N) is 1. The molecule has 6 heteroatoms. The fourth-order valence-electron chi connectivity index (χ4n) is 0.525. The third-order valence-electron chi connectivity index (χ3n) is 0.951. The summed E-state index contributed by atoms with van der Waals surface area (Å²) in [6.45, 7) is 2.82. The fourth-order valence-corrected chi connectivity index (χ4v) is 0.525. The van der Waals surface area contributed by atoms with Crippen LogP contribution in [0.4, 0.5) is 4.79 Å². The summed E-state index contributed by atoms with van der Waals surface area (Å²) in [7, 11) is 0. The Labute approximate surface area is 71.0 Å². The molecule has 0 aliphatic rings. The smallest absolute Gasteiger partial charge is 0.407 e. The average Bonchev–Trinajstić information content (AvgIpc) is 1.98. The van der Waals surface area contributed by atoms with Crippen LogP contribution < -0.4 is 16.8 Å². The zero-order valence-corrected chi connectivity index (χ0v) is 7.04. The van der Waals surface area contributed by atoms with Gasteiger partial charge in [-0.05, 0) is 6.92 Å². The molecule has 12 heavy (non-hydrogen) atoms. The van der Waals surface area contributed by atoms with Crippen molar-refractivity contribution in [2.45, 2.75) is 6.92 Å². The number of amides is 1. The van der Waals surface area contributed by atoms with E-state index in [9.17, 15) is 4.79 Å². The van der Waals surface area contributed by atoms with Gasteiger partial charge in [0.05, 0.1) is 13.2 Å². The van der Waals surface area contributed by atoms with Crippen molar-refractivity contribution in [3.8, 4) is 0 Å². The van der Waals surface area contributed by atoms with Crippen molar-refractivity contribution in [2.75, 3.05) is 19.7 Å². The van der Waals surface area contributed by atoms with Gasteiger partial charge in [-0.2, -0.15) is 0 Å². The first-order valence-electron chi connectivity index (χ1n) is 3.62. The molecule has 5 N–H and O–H groups in total. The second-order valence-electron chi connectivity index (χ2n) is 1.95. The molecule has 0 heterocycles. The highest BCUT2D eigenvalue weighted by Gasteiger charge is 1.96. The molecule has 1 amide bonds. The number of guanidine groups is 1. The van der Waals surface area contributed by atoms with Gasteiger partial charge in [-0.15, -0.1) is 0 Å². The molecular weight excluding hydrogens is 160 g/mol. The first-order valence-corrected chi connectivity index (χ1v) is 3.62. The molecule has 0 aliphatic heterocycles. The summed E-state index contributed by atoms with van der Waals surface area (Å²) in [6, 6.07) is 0. The van der Waals surface area contributed by atoms with E-state index in [2.05, 4.69) is 15.0 Å². The number of hydrogen-bond donors (Lipinski definition) is 3. The maximum absolute atomic E-state index is 10.6. The SMILES string of the molecule is CCOC(=O)NCCN=C(N)N. The number of nitrogens with two attached hydrogens (primary N) is 2. The van der Waals surface area contributed by atoms with Gasteiger partial charge in [0.25, 0.3) is 0 Å². The van der Waals surface area contributed by atoms with Crippen LogP contribution in [0.5, 0.6) is 0 Å². The van der Waals surface area contributed by atoms with Gasteiger partial charge in [-0.1, -0.05) is 0 Å². The molecule has 0 rings (SSSR count). The van der Waals surface area contributed by atoms with Gasteiger partial charge in [-0.25, -0.2) is 4.79 Å². The zero-order valence-electron chi connectivity index (χ0n) is 7.04. The summed E-state index contributed by atoms with van der Waals surface area (Å²) < 4.78 is 4.59. The Kier molecular flexibility index (Phi) is 5.50. The van der Waals surface area contributed by atoms with Crippen molar-refractivity contribution in [3.05, 3.63) is 0 Å². The summed E-state index contributed by atoms with van der Waals surface area (Å²) in [4.78, 5) is 14.3. The van der Waals surface area contributed by atoms with Gasteiger partial charge in [0.1, 0.15) is 0 Å². The van der Waals surface area contributed by atoms with Crippen LogP contribution in [0.2, 0.25) is 0 Å². The van der Waals surface area contributed by atoms with Crippen LogP contribution in [0.1, 0.15) is 6.92 Å². The van der Waals surface area contributed by atoms with Crippen LogP contribution in [0.25, 0.3) is 0 Å². The monoisotopic (exact) mass is 174 g/mol. The second kappa shape index (κ2) is 6.26. The highest BCUT2D eigenvalue weighted by molar-refractivity contribution is 5.75. The number of alkyl carbamates (subject to hydrolysis) is 1. The molecule has 0 atom stereocenters. The average molecular weight is 174 g/mol. The maximum Gasteiger partial charge on any atom is 0.407 e. The van der Waals surface area contributed by atoms with E-state index in [1.807, 2.05) is 0 Å². The number of rotatable bonds is 4. The van der Waals surface area contributed by atoms with Crippen molar-refractivity contribution >= 4 is 12.1 Å². The van der Waals surface area contributed by atoms with E-state index < -0.39 is 6.09 Å². The van der Waals surface area contributed by atoms with Gasteiger partial charge in [0, 0.05) is 6.54 Å².